The third-order valence-electron chi connectivity index (χ3n) is 3.34. The first kappa shape index (κ1) is 15.8. The van der Waals surface area contributed by atoms with Crippen molar-refractivity contribution in [2.24, 2.45) is 5.73 Å². The number of anilines is 1. The van der Waals surface area contributed by atoms with Crippen LogP contribution in [-0.4, -0.2) is 12.0 Å². The van der Waals surface area contributed by atoms with E-state index in [0.717, 1.165) is 10.9 Å². The van der Waals surface area contributed by atoms with Crippen molar-refractivity contribution in [2.45, 2.75) is 25.7 Å². The Bertz CT molecular complexity index is 596. The quantitative estimate of drug-likeness (QED) is 0.932. The summed E-state index contributed by atoms with van der Waals surface area (Å²) in [5.41, 5.74) is 5.31. The molecule has 21 heavy (non-hydrogen) atoms. The molecule has 3 nitrogen and oxygen atoms in total. The molecule has 0 aliphatic carbocycles. The summed E-state index contributed by atoms with van der Waals surface area (Å²) in [6, 6.07) is 6.14. The molecule has 2 N–H and O–H groups in total. The molecule has 7 heteroatoms. The Morgan fingerprint density at radius 1 is 1.33 bits per heavy atom. The van der Waals surface area contributed by atoms with Crippen molar-refractivity contribution in [2.75, 3.05) is 11.9 Å². The van der Waals surface area contributed by atoms with Gasteiger partial charge in [-0.05, 0) is 24.4 Å². The van der Waals surface area contributed by atoms with Gasteiger partial charge in [0.2, 0.25) is 0 Å². The van der Waals surface area contributed by atoms with Gasteiger partial charge >= 0.3 is 6.18 Å². The largest absolute Gasteiger partial charge is 0.433 e. The van der Waals surface area contributed by atoms with E-state index in [2.05, 4.69) is 4.98 Å². The molecule has 0 amide bonds. The van der Waals surface area contributed by atoms with E-state index in [4.69, 9.17) is 5.73 Å². The van der Waals surface area contributed by atoms with Gasteiger partial charge in [-0.25, -0.2) is 4.98 Å². The van der Waals surface area contributed by atoms with Gasteiger partial charge in [0.1, 0.15) is 11.5 Å². The first-order valence-electron chi connectivity index (χ1n) is 6.38. The fourth-order valence-corrected chi connectivity index (χ4v) is 2.83. The number of rotatable bonds is 4. The summed E-state index contributed by atoms with van der Waals surface area (Å²) in [6.07, 6.45) is -4.46. The molecule has 0 aliphatic heterocycles. The lowest BCUT2D eigenvalue weighted by atomic mass is 10.1. The molecule has 0 radical (unpaired) electrons. The van der Waals surface area contributed by atoms with E-state index in [9.17, 15) is 13.2 Å². The summed E-state index contributed by atoms with van der Waals surface area (Å²) < 4.78 is 38.5. The Morgan fingerprint density at radius 3 is 2.57 bits per heavy atom. The van der Waals surface area contributed by atoms with Crippen LogP contribution in [0, 0.1) is 0 Å². The number of hydrogen-bond donors (Lipinski definition) is 1. The summed E-state index contributed by atoms with van der Waals surface area (Å²) in [5, 5.41) is 1.93. The van der Waals surface area contributed by atoms with Gasteiger partial charge in [0.15, 0.2) is 0 Å². The Hall–Kier alpha value is -1.60. The predicted molar refractivity (Wildman–Crippen MR) is 78.3 cm³/mol. The molecular weight excluding hydrogens is 299 g/mol. The number of pyridine rings is 1. The lowest BCUT2D eigenvalue weighted by Gasteiger charge is -2.27. The van der Waals surface area contributed by atoms with Gasteiger partial charge in [-0.15, -0.1) is 11.3 Å². The maximum Gasteiger partial charge on any atom is 0.433 e. The minimum atomic E-state index is -4.46. The molecule has 0 spiro atoms. The van der Waals surface area contributed by atoms with Crippen LogP contribution in [0.3, 0.4) is 0 Å². The van der Waals surface area contributed by atoms with E-state index in [-0.39, 0.29) is 18.4 Å². The van der Waals surface area contributed by atoms with Gasteiger partial charge in [0, 0.05) is 24.0 Å². The molecular formula is C14H16F3N3S. The van der Waals surface area contributed by atoms with Gasteiger partial charge in [0.25, 0.3) is 0 Å². The van der Waals surface area contributed by atoms with Gasteiger partial charge in [-0.1, -0.05) is 12.1 Å². The fourth-order valence-electron chi connectivity index (χ4n) is 2.00. The number of nitrogens with two attached hydrogens (primary N) is 1. The molecule has 2 heterocycles. The molecule has 1 unspecified atom stereocenters. The van der Waals surface area contributed by atoms with Crippen molar-refractivity contribution in [3.8, 4) is 0 Å². The third kappa shape index (κ3) is 3.36. The van der Waals surface area contributed by atoms with Gasteiger partial charge in [0.05, 0.1) is 6.04 Å². The smallest absolute Gasteiger partial charge is 0.352 e. The highest BCUT2D eigenvalue weighted by Crippen LogP contribution is 2.33. The Kier molecular flexibility index (Phi) is 4.53. The van der Waals surface area contributed by atoms with Crippen molar-refractivity contribution in [1.29, 1.82) is 0 Å². The van der Waals surface area contributed by atoms with Crippen LogP contribution in [0.5, 0.6) is 0 Å². The zero-order chi connectivity index (χ0) is 15.6. The van der Waals surface area contributed by atoms with Crippen LogP contribution in [0.25, 0.3) is 0 Å². The monoisotopic (exact) mass is 315 g/mol. The molecule has 114 valence electrons. The van der Waals surface area contributed by atoms with Crippen LogP contribution >= 0.6 is 11.3 Å². The average Bonchev–Trinajstić information content (AvgIpc) is 2.98. The number of hydrogen-bond acceptors (Lipinski definition) is 4. The van der Waals surface area contributed by atoms with Crippen molar-refractivity contribution in [3.63, 3.8) is 0 Å². The van der Waals surface area contributed by atoms with Crippen molar-refractivity contribution >= 4 is 17.2 Å². The molecule has 1 atom stereocenters. The third-order valence-corrected chi connectivity index (χ3v) is 4.38. The number of alkyl halides is 3. The molecule has 2 aromatic heterocycles. The van der Waals surface area contributed by atoms with E-state index in [1.807, 2.05) is 24.4 Å². The molecule has 0 aliphatic rings. The van der Waals surface area contributed by atoms with Gasteiger partial charge in [-0.2, -0.15) is 13.2 Å². The summed E-state index contributed by atoms with van der Waals surface area (Å²) in [7, 11) is 1.73. The van der Waals surface area contributed by atoms with Gasteiger partial charge < -0.3 is 10.6 Å². The Balaban J connectivity index is 2.41. The normalized spacial score (nSPS) is 13.2. The van der Waals surface area contributed by atoms with E-state index in [0.29, 0.717) is 5.56 Å². The van der Waals surface area contributed by atoms with E-state index >= 15 is 0 Å². The molecule has 0 saturated heterocycles. The van der Waals surface area contributed by atoms with Crippen LogP contribution in [-0.2, 0) is 12.7 Å². The fraction of sp³-hybridized carbons (Fsp3) is 0.357. The van der Waals surface area contributed by atoms with E-state index < -0.39 is 11.9 Å². The first-order chi connectivity index (χ1) is 9.84. The van der Waals surface area contributed by atoms with Crippen LogP contribution in [0.1, 0.15) is 29.1 Å². The molecule has 0 aromatic carbocycles. The lowest BCUT2D eigenvalue weighted by molar-refractivity contribution is -0.141. The molecule has 0 fully saturated rings. The minimum Gasteiger partial charge on any atom is -0.352 e. The lowest BCUT2D eigenvalue weighted by Crippen LogP contribution is -2.25. The van der Waals surface area contributed by atoms with Gasteiger partial charge in [-0.3, -0.25) is 0 Å². The highest BCUT2D eigenvalue weighted by Gasteiger charge is 2.33. The molecule has 0 bridgehead atoms. The Labute approximate surface area is 125 Å². The zero-order valence-electron chi connectivity index (χ0n) is 11.7. The van der Waals surface area contributed by atoms with Crippen LogP contribution < -0.4 is 10.6 Å². The highest BCUT2D eigenvalue weighted by atomic mass is 32.1. The number of thiophene rings is 1. The highest BCUT2D eigenvalue weighted by molar-refractivity contribution is 7.10. The molecule has 2 aromatic rings. The maximum atomic E-state index is 12.8. The van der Waals surface area contributed by atoms with Crippen molar-refractivity contribution in [1.82, 2.24) is 4.98 Å². The van der Waals surface area contributed by atoms with E-state index in [1.54, 1.807) is 23.3 Å². The number of aromatic nitrogens is 1. The van der Waals surface area contributed by atoms with Crippen LogP contribution in [0.2, 0.25) is 0 Å². The summed E-state index contributed by atoms with van der Waals surface area (Å²) >= 11 is 1.55. The summed E-state index contributed by atoms with van der Waals surface area (Å²) in [6.45, 7) is 2.07. The zero-order valence-corrected chi connectivity index (χ0v) is 12.5. The Morgan fingerprint density at radius 2 is 2.05 bits per heavy atom. The SMILES string of the molecule is CC(c1cccs1)N(C)c1nc(C(F)(F)F)ccc1CN. The second kappa shape index (κ2) is 6.03. The number of halogens is 3. The first-order valence-corrected chi connectivity index (χ1v) is 7.26. The van der Waals surface area contributed by atoms with Crippen molar-refractivity contribution in [3.05, 3.63) is 45.8 Å². The van der Waals surface area contributed by atoms with E-state index in [1.165, 1.54) is 6.07 Å². The minimum absolute atomic E-state index is 0.0775. The maximum absolute atomic E-state index is 12.8. The number of nitrogens with zero attached hydrogens (tertiary/aromatic N) is 2. The molecule has 2 rings (SSSR count). The molecule has 0 saturated carbocycles. The average molecular weight is 315 g/mol. The topological polar surface area (TPSA) is 42.2 Å². The second-order valence-corrected chi connectivity index (χ2v) is 5.66. The van der Waals surface area contributed by atoms with Crippen molar-refractivity contribution < 1.29 is 13.2 Å². The van der Waals surface area contributed by atoms with Crippen LogP contribution in [0.4, 0.5) is 19.0 Å². The van der Waals surface area contributed by atoms with Crippen LogP contribution in [0.15, 0.2) is 29.6 Å². The summed E-state index contributed by atoms with van der Waals surface area (Å²) in [4.78, 5) is 6.55. The standard InChI is InChI=1S/C14H16F3N3S/c1-9(11-4-3-7-21-11)20(2)13-10(8-18)5-6-12(19-13)14(15,16)17/h3-7,9H,8,18H2,1-2H3. The second-order valence-electron chi connectivity index (χ2n) is 4.68. The predicted octanol–water partition coefficient (Wildman–Crippen LogP) is 3.82. The summed E-state index contributed by atoms with van der Waals surface area (Å²) in [5.74, 6) is 0.272.